The van der Waals surface area contributed by atoms with Gasteiger partial charge in [0.2, 0.25) is 0 Å². The Morgan fingerprint density at radius 2 is 1.73 bits per heavy atom. The molecule has 0 heterocycles. The van der Waals surface area contributed by atoms with Crippen molar-refractivity contribution >= 4 is 5.97 Å². The molecule has 1 N–H and O–H groups in total. The lowest BCUT2D eigenvalue weighted by molar-refractivity contribution is -0.297. The molecule has 26 heavy (non-hydrogen) atoms. The first-order valence-corrected chi connectivity index (χ1v) is 9.12. The molecule has 7 unspecified atom stereocenters. The second-order valence-corrected chi connectivity index (χ2v) is 9.00. The lowest BCUT2D eigenvalue weighted by Gasteiger charge is -2.39. The summed E-state index contributed by atoms with van der Waals surface area (Å²) in [7, 11) is 0. The van der Waals surface area contributed by atoms with Crippen LogP contribution in [-0.4, -0.2) is 41.2 Å². The number of rotatable bonds is 4. The average molecular weight is 376 g/mol. The molecule has 3 aliphatic carbocycles. The van der Waals surface area contributed by atoms with E-state index in [-0.39, 0.29) is 30.1 Å². The molecule has 0 saturated heterocycles. The first kappa shape index (κ1) is 19.7. The number of esters is 1. The Kier molecular flexibility index (Phi) is 4.71. The van der Waals surface area contributed by atoms with Crippen molar-refractivity contribution in [3.8, 4) is 0 Å². The highest BCUT2D eigenvalue weighted by atomic mass is 19.4. The Hall–Kier alpha value is -1.08. The second kappa shape index (κ2) is 6.23. The van der Waals surface area contributed by atoms with Crippen LogP contribution in [0.2, 0.25) is 0 Å². The van der Waals surface area contributed by atoms with Crippen LogP contribution in [0.5, 0.6) is 0 Å². The van der Waals surface area contributed by atoms with Crippen molar-refractivity contribution < 1.29 is 32.5 Å². The minimum Gasteiger partial charge on any atom is -0.458 e. The zero-order valence-corrected chi connectivity index (χ0v) is 15.5. The van der Waals surface area contributed by atoms with Crippen molar-refractivity contribution in [1.29, 1.82) is 0 Å². The SMILES string of the molecule is CC(C)(C)OC(=O)COC(C)(C1CC2C3C=CC(C3)C2C1O)C(F)(F)F. The van der Waals surface area contributed by atoms with E-state index in [1.165, 1.54) is 0 Å². The molecule has 0 aromatic carbocycles. The molecule has 2 fully saturated rings. The topological polar surface area (TPSA) is 55.8 Å². The predicted molar refractivity (Wildman–Crippen MR) is 88.1 cm³/mol. The molecule has 0 amide bonds. The van der Waals surface area contributed by atoms with Crippen LogP contribution in [0.25, 0.3) is 0 Å². The van der Waals surface area contributed by atoms with Gasteiger partial charge in [0.25, 0.3) is 0 Å². The number of aliphatic hydroxyl groups excluding tert-OH is 1. The van der Waals surface area contributed by atoms with Crippen molar-refractivity contribution in [2.24, 2.45) is 29.6 Å². The van der Waals surface area contributed by atoms with Gasteiger partial charge in [0.05, 0.1) is 6.10 Å². The van der Waals surface area contributed by atoms with Crippen molar-refractivity contribution in [1.82, 2.24) is 0 Å². The van der Waals surface area contributed by atoms with Gasteiger partial charge in [0.15, 0.2) is 5.60 Å². The number of halogens is 3. The van der Waals surface area contributed by atoms with E-state index in [9.17, 15) is 23.1 Å². The summed E-state index contributed by atoms with van der Waals surface area (Å²) in [6.45, 7) is 5.06. The third-order valence-corrected chi connectivity index (χ3v) is 6.20. The van der Waals surface area contributed by atoms with Crippen LogP contribution in [-0.2, 0) is 14.3 Å². The van der Waals surface area contributed by atoms with Crippen LogP contribution in [0.4, 0.5) is 13.2 Å². The molecule has 148 valence electrons. The molecule has 0 aliphatic heterocycles. The molecule has 4 nitrogen and oxygen atoms in total. The maximum Gasteiger partial charge on any atom is 0.417 e. The van der Waals surface area contributed by atoms with Crippen molar-refractivity contribution in [2.45, 2.75) is 64.0 Å². The highest BCUT2D eigenvalue weighted by Gasteiger charge is 2.66. The van der Waals surface area contributed by atoms with Gasteiger partial charge in [0, 0.05) is 5.92 Å². The number of ether oxygens (including phenoxy) is 2. The fourth-order valence-corrected chi connectivity index (χ4v) is 5.03. The normalized spacial score (nSPS) is 38.3. The Labute approximate surface area is 151 Å². The van der Waals surface area contributed by atoms with Gasteiger partial charge in [-0.2, -0.15) is 13.2 Å². The molecule has 0 aromatic heterocycles. The maximum absolute atomic E-state index is 13.9. The number of allylic oxidation sites excluding steroid dienone is 2. The first-order valence-electron chi connectivity index (χ1n) is 9.12. The van der Waals surface area contributed by atoms with E-state index >= 15 is 0 Å². The summed E-state index contributed by atoms with van der Waals surface area (Å²) in [5, 5.41) is 10.7. The monoisotopic (exact) mass is 376 g/mol. The quantitative estimate of drug-likeness (QED) is 0.603. The van der Waals surface area contributed by atoms with E-state index in [0.29, 0.717) is 0 Å². The van der Waals surface area contributed by atoms with Gasteiger partial charge < -0.3 is 14.6 Å². The first-order chi connectivity index (χ1) is 11.8. The highest BCUT2D eigenvalue weighted by Crippen LogP contribution is 2.60. The maximum atomic E-state index is 13.9. The average Bonchev–Trinajstić information content (AvgIpc) is 3.15. The van der Waals surface area contributed by atoms with E-state index in [0.717, 1.165) is 13.3 Å². The van der Waals surface area contributed by atoms with Crippen LogP contribution < -0.4 is 0 Å². The largest absolute Gasteiger partial charge is 0.458 e. The third-order valence-electron chi connectivity index (χ3n) is 6.20. The van der Waals surface area contributed by atoms with Gasteiger partial charge >= 0.3 is 12.1 Å². The summed E-state index contributed by atoms with van der Waals surface area (Å²) in [6.07, 6.45) is -0.545. The predicted octanol–water partition coefficient (Wildman–Crippen LogP) is 3.48. The number of hydrogen-bond acceptors (Lipinski definition) is 4. The van der Waals surface area contributed by atoms with Crippen LogP contribution >= 0.6 is 0 Å². The summed E-state index contributed by atoms with van der Waals surface area (Å²) in [5.41, 5.74) is -3.39. The van der Waals surface area contributed by atoms with E-state index in [1.807, 2.05) is 6.08 Å². The molecule has 3 rings (SSSR count). The third kappa shape index (κ3) is 3.28. The number of carbonyl (C=O) groups excluding carboxylic acids is 1. The van der Waals surface area contributed by atoms with Crippen LogP contribution in [0, 0.1) is 29.6 Å². The highest BCUT2D eigenvalue weighted by molar-refractivity contribution is 5.71. The Bertz CT molecular complexity index is 595. The van der Waals surface area contributed by atoms with Gasteiger partial charge in [-0.15, -0.1) is 0 Å². The van der Waals surface area contributed by atoms with Crippen LogP contribution in [0.15, 0.2) is 12.2 Å². The molecular weight excluding hydrogens is 349 g/mol. The summed E-state index contributed by atoms with van der Waals surface area (Å²) in [5.74, 6) is -1.65. The summed E-state index contributed by atoms with van der Waals surface area (Å²) in [6, 6.07) is 0. The van der Waals surface area contributed by atoms with Gasteiger partial charge in [0.1, 0.15) is 12.2 Å². The van der Waals surface area contributed by atoms with E-state index in [4.69, 9.17) is 9.47 Å². The molecule has 2 bridgehead atoms. The molecule has 2 saturated carbocycles. The van der Waals surface area contributed by atoms with Crippen molar-refractivity contribution in [3.63, 3.8) is 0 Å². The summed E-state index contributed by atoms with van der Waals surface area (Å²) < 4.78 is 51.9. The zero-order valence-electron chi connectivity index (χ0n) is 15.5. The van der Waals surface area contributed by atoms with Crippen LogP contribution in [0.3, 0.4) is 0 Å². The van der Waals surface area contributed by atoms with Crippen molar-refractivity contribution in [2.75, 3.05) is 6.61 Å². The van der Waals surface area contributed by atoms with E-state index in [1.54, 1.807) is 20.8 Å². The zero-order chi connectivity index (χ0) is 19.5. The Balaban J connectivity index is 1.75. The summed E-state index contributed by atoms with van der Waals surface area (Å²) >= 11 is 0. The number of aliphatic hydroxyl groups is 1. The molecule has 0 aromatic rings. The molecule has 0 spiro atoms. The van der Waals surface area contributed by atoms with E-state index in [2.05, 4.69) is 6.08 Å². The minimum atomic E-state index is -4.70. The second-order valence-electron chi connectivity index (χ2n) is 9.00. The standard InChI is InChI=1S/C19H27F3O4/c1-17(2,3)26-14(23)9-25-18(4,19(20,21)22)13-8-12-10-5-6-11(7-10)15(12)16(13)24/h5-6,10-13,15-16,24H,7-9H2,1-4H3. The van der Waals surface area contributed by atoms with Gasteiger partial charge in [-0.25, -0.2) is 4.79 Å². The van der Waals surface area contributed by atoms with Crippen molar-refractivity contribution in [3.05, 3.63) is 12.2 Å². The number of fused-ring (bicyclic) bond motifs is 5. The van der Waals surface area contributed by atoms with Gasteiger partial charge in [-0.3, -0.25) is 0 Å². The smallest absolute Gasteiger partial charge is 0.417 e. The minimum absolute atomic E-state index is 0.0526. The lowest BCUT2D eigenvalue weighted by atomic mass is 9.81. The molecule has 3 aliphatic rings. The lowest BCUT2D eigenvalue weighted by Crippen LogP contribution is -2.55. The fourth-order valence-electron chi connectivity index (χ4n) is 5.03. The summed E-state index contributed by atoms with van der Waals surface area (Å²) in [4.78, 5) is 11.9. The molecule has 0 radical (unpaired) electrons. The van der Waals surface area contributed by atoms with E-state index < -0.39 is 42.0 Å². The Morgan fingerprint density at radius 1 is 1.12 bits per heavy atom. The number of hydrogen-bond donors (Lipinski definition) is 1. The molecular formula is C19H27F3O4. The fraction of sp³-hybridized carbons (Fsp3) is 0.842. The Morgan fingerprint density at radius 3 is 2.27 bits per heavy atom. The van der Waals surface area contributed by atoms with Crippen LogP contribution in [0.1, 0.15) is 40.5 Å². The molecule has 7 heteroatoms. The van der Waals surface area contributed by atoms with Gasteiger partial charge in [-0.05, 0) is 64.2 Å². The number of carbonyl (C=O) groups is 1. The molecule has 7 atom stereocenters. The number of alkyl halides is 3. The van der Waals surface area contributed by atoms with Gasteiger partial charge in [-0.1, -0.05) is 12.2 Å².